The van der Waals surface area contributed by atoms with Crippen molar-refractivity contribution >= 4 is 67.1 Å². The Bertz CT molecular complexity index is 1670. The van der Waals surface area contributed by atoms with E-state index >= 15 is 0 Å². The molecule has 0 aromatic heterocycles. The number of hydrogen-bond acceptors (Lipinski definition) is 2. The molecule has 0 heterocycles. The van der Waals surface area contributed by atoms with Crippen LogP contribution in [0.2, 0.25) is 0 Å². The van der Waals surface area contributed by atoms with E-state index in [9.17, 15) is 0 Å². The quantitative estimate of drug-likeness (QED) is 0.0960. The minimum Gasteiger partial charge on any atom is -0.308 e. The largest absolute Gasteiger partial charge is 0.308 e. The SMILES string of the molecule is [Cl][Ru+2][Cl].c1ccc([PH+](c2ccccc2)c2ccccc2CN[C@@H]2CCCC[C@H]2NCc2ccccc2[PH+](c2ccccc2)c2ccccc2)cc1. The fraction of sp³-hybridized carbons (Fsp3) is 0.182. The van der Waals surface area contributed by atoms with Gasteiger partial charge in [0, 0.05) is 36.3 Å². The van der Waals surface area contributed by atoms with Gasteiger partial charge in [0.25, 0.3) is 0 Å². The van der Waals surface area contributed by atoms with Crippen LogP contribution in [0, 0.1) is 0 Å². The van der Waals surface area contributed by atoms with Crippen molar-refractivity contribution in [3.05, 3.63) is 181 Å². The van der Waals surface area contributed by atoms with Gasteiger partial charge in [-0.25, -0.2) is 0 Å². The molecule has 1 saturated carbocycles. The van der Waals surface area contributed by atoms with Crippen LogP contribution in [0.25, 0.3) is 0 Å². The zero-order valence-electron chi connectivity index (χ0n) is 28.7. The molecule has 1 fully saturated rings. The Kier molecular flexibility index (Phi) is 15.3. The second-order valence-corrected chi connectivity index (χ2v) is 20.4. The van der Waals surface area contributed by atoms with Crippen LogP contribution >= 0.6 is 35.2 Å². The van der Waals surface area contributed by atoms with Crippen molar-refractivity contribution in [2.24, 2.45) is 0 Å². The fourth-order valence-corrected chi connectivity index (χ4v) is 12.8. The average molecular weight is 837 g/mol. The summed E-state index contributed by atoms with van der Waals surface area (Å²) >= 11 is -0.346. The summed E-state index contributed by atoms with van der Waals surface area (Å²) in [5.74, 6) is 0. The van der Waals surface area contributed by atoms with Gasteiger partial charge in [0.2, 0.25) is 0 Å². The number of hydrogen-bond donors (Lipinski definition) is 2. The smallest absolute Gasteiger partial charge is 0.106 e. The molecule has 6 aromatic carbocycles. The molecule has 260 valence electrons. The van der Waals surface area contributed by atoms with E-state index in [0.717, 1.165) is 13.1 Å². The molecule has 0 unspecified atom stereocenters. The predicted octanol–water partition coefficient (Wildman–Crippen LogP) is 8.23. The van der Waals surface area contributed by atoms with E-state index in [2.05, 4.69) is 180 Å². The summed E-state index contributed by atoms with van der Waals surface area (Å²) in [4.78, 5) is 0. The zero-order valence-corrected chi connectivity index (χ0v) is 33.9. The number of rotatable bonds is 12. The summed E-state index contributed by atoms with van der Waals surface area (Å²) in [7, 11) is 7.45. The maximum atomic E-state index is 4.85. The summed E-state index contributed by atoms with van der Waals surface area (Å²) in [6.45, 7) is 1.77. The number of nitrogens with one attached hydrogen (secondary N) is 2. The predicted molar refractivity (Wildman–Crippen MR) is 225 cm³/mol. The molecule has 2 N–H and O–H groups in total. The van der Waals surface area contributed by atoms with E-state index < -0.39 is 15.8 Å². The van der Waals surface area contributed by atoms with E-state index in [-0.39, 0.29) is 15.1 Å². The number of benzene rings is 6. The van der Waals surface area contributed by atoms with Crippen LogP contribution < -0.4 is 42.5 Å². The van der Waals surface area contributed by atoms with Crippen molar-refractivity contribution in [3.8, 4) is 0 Å². The van der Waals surface area contributed by atoms with Gasteiger partial charge in [-0.3, -0.25) is 0 Å². The van der Waals surface area contributed by atoms with E-state index in [0.29, 0.717) is 12.1 Å². The first kappa shape index (κ1) is 38.0. The first-order valence-corrected chi connectivity index (χ1v) is 25.2. The van der Waals surface area contributed by atoms with Crippen LogP contribution in [0.1, 0.15) is 36.8 Å². The van der Waals surface area contributed by atoms with Gasteiger partial charge in [0.15, 0.2) is 0 Å². The summed E-state index contributed by atoms with van der Waals surface area (Å²) < 4.78 is 0. The van der Waals surface area contributed by atoms with Gasteiger partial charge in [-0.05, 0) is 73.5 Å². The normalized spacial score (nSPS) is 15.7. The second kappa shape index (κ2) is 20.5. The molecule has 6 aromatic rings. The van der Waals surface area contributed by atoms with Crippen LogP contribution in [0.5, 0.6) is 0 Å². The molecule has 2 atom stereocenters. The molecule has 2 nitrogen and oxygen atoms in total. The van der Waals surface area contributed by atoms with Crippen LogP contribution in [0.4, 0.5) is 0 Å². The molecule has 0 saturated heterocycles. The molecule has 7 rings (SSSR count). The van der Waals surface area contributed by atoms with Gasteiger partial charge < -0.3 is 10.6 Å². The topological polar surface area (TPSA) is 24.1 Å². The van der Waals surface area contributed by atoms with Gasteiger partial charge in [-0.15, -0.1) is 0 Å². The van der Waals surface area contributed by atoms with Gasteiger partial charge in [-0.1, -0.05) is 122 Å². The molecule has 51 heavy (non-hydrogen) atoms. The van der Waals surface area contributed by atoms with Crippen molar-refractivity contribution in [3.63, 3.8) is 0 Å². The van der Waals surface area contributed by atoms with E-state index in [1.54, 1.807) is 0 Å². The Morgan fingerprint density at radius 2 is 0.706 bits per heavy atom. The Balaban J connectivity index is 0.00000144. The molecule has 1 aliphatic rings. The molecule has 0 bridgehead atoms. The van der Waals surface area contributed by atoms with Gasteiger partial charge >= 0.3 is 34.5 Å². The van der Waals surface area contributed by atoms with E-state index in [1.165, 1.54) is 68.6 Å². The molecule has 0 spiro atoms. The van der Waals surface area contributed by atoms with E-state index in [1.807, 2.05) is 0 Å². The van der Waals surface area contributed by atoms with Crippen molar-refractivity contribution in [2.75, 3.05) is 0 Å². The van der Waals surface area contributed by atoms with Crippen molar-refractivity contribution in [1.29, 1.82) is 0 Å². The monoisotopic (exact) mass is 836 g/mol. The maximum absolute atomic E-state index is 4.85. The van der Waals surface area contributed by atoms with Crippen molar-refractivity contribution in [2.45, 2.75) is 50.9 Å². The summed E-state index contributed by atoms with van der Waals surface area (Å²) in [5.41, 5.74) is 2.85. The van der Waals surface area contributed by atoms with Crippen LogP contribution in [-0.2, 0) is 28.2 Å². The molecule has 0 amide bonds. The first-order valence-electron chi connectivity index (χ1n) is 17.7. The van der Waals surface area contributed by atoms with Crippen molar-refractivity contribution in [1.82, 2.24) is 10.6 Å². The number of halogens is 2. The molecular weight excluding hydrogens is 790 g/mol. The minimum atomic E-state index is -1.13. The third-order valence-electron chi connectivity index (χ3n) is 9.70. The Labute approximate surface area is 322 Å². The molecule has 7 heteroatoms. The van der Waals surface area contributed by atoms with Crippen LogP contribution in [0.3, 0.4) is 0 Å². The first-order chi connectivity index (χ1) is 25.3. The van der Waals surface area contributed by atoms with Crippen LogP contribution in [-0.4, -0.2) is 12.1 Å². The van der Waals surface area contributed by atoms with Gasteiger partial charge in [-0.2, -0.15) is 0 Å². The average Bonchev–Trinajstić information content (AvgIpc) is 3.20. The molecule has 1 aliphatic carbocycles. The van der Waals surface area contributed by atoms with Crippen LogP contribution in [0.15, 0.2) is 170 Å². The van der Waals surface area contributed by atoms with Crippen molar-refractivity contribution < 1.29 is 15.1 Å². The maximum Gasteiger partial charge on any atom is 0.106 e. The third kappa shape index (κ3) is 10.5. The Morgan fingerprint density at radius 1 is 0.431 bits per heavy atom. The van der Waals surface area contributed by atoms with E-state index in [4.69, 9.17) is 19.4 Å². The summed E-state index contributed by atoms with van der Waals surface area (Å²) in [5, 5.41) is 16.8. The molecular formula is C44H46Cl2N2P2Ru+4. The second-order valence-electron chi connectivity index (χ2n) is 12.8. The fourth-order valence-electron chi connectivity index (χ4n) is 7.31. The summed E-state index contributed by atoms with van der Waals surface area (Å²) in [6.07, 6.45) is 4.98. The zero-order chi connectivity index (χ0) is 35.1. The van der Waals surface area contributed by atoms with Gasteiger partial charge in [0.1, 0.15) is 31.8 Å². The molecule has 0 radical (unpaired) electrons. The minimum absolute atomic E-state index is 0.346. The third-order valence-corrected chi connectivity index (χ3v) is 15.4. The standard InChI is InChI=1S/C44H44N2P2.2ClH.Ru/c1-5-21-37(22-6-1)47(38-23-7-2-8-24-38)43-31-17-13-19-35(43)33-45-41-29-15-16-30-42(41)46-34-36-20-14-18-32-44(36)48(39-25-9-3-10-26-39)40-27-11-4-12-28-40;;;/h1-14,17-28,31-32,41-42,45-46H,15-16,29-30,33-34H2;2*1H;/q;;;+4/t41-,42-;;;/m1.../s1. The molecule has 0 aliphatic heterocycles. The summed E-state index contributed by atoms with van der Waals surface area (Å²) in [6, 6.07) is 63.7. The van der Waals surface area contributed by atoms with Gasteiger partial charge in [0.05, 0.1) is 15.8 Å². The Morgan fingerprint density at radius 3 is 1.02 bits per heavy atom. The Hall–Kier alpha value is -2.70.